The molecule has 0 aromatic carbocycles. The van der Waals surface area contributed by atoms with Crippen LogP contribution in [-0.4, -0.2) is 16.8 Å². The highest BCUT2D eigenvalue weighted by atomic mass is 79.9. The van der Waals surface area contributed by atoms with Crippen LogP contribution in [0.3, 0.4) is 0 Å². The van der Waals surface area contributed by atoms with E-state index in [4.69, 9.17) is 4.74 Å². The lowest BCUT2D eigenvalue weighted by molar-refractivity contribution is 0.301. The highest BCUT2D eigenvalue weighted by Gasteiger charge is 2.00. The Labute approximate surface area is 90.7 Å². The molecule has 0 unspecified atom stereocenters. The number of halogens is 1. The Morgan fingerprint density at radius 2 is 2.15 bits per heavy atom. The number of unbranched alkanes of at least 4 members (excludes halogenated alkanes) is 3. The largest absolute Gasteiger partial charge is 0.469 e. The van der Waals surface area contributed by atoms with Crippen LogP contribution >= 0.6 is 27.3 Å². The fourth-order valence-corrected chi connectivity index (χ4v) is 1.88. The standard InChI is InChI=1S/C8H13BrN2OS/c1-2-3-4-5-6-12-8-11-10-7(9)13-8/h2-6H2,1H3. The van der Waals surface area contributed by atoms with Gasteiger partial charge in [0.1, 0.15) is 0 Å². The third kappa shape index (κ3) is 4.57. The number of aromatic nitrogens is 2. The molecular weight excluding hydrogens is 252 g/mol. The number of rotatable bonds is 6. The molecule has 74 valence electrons. The van der Waals surface area contributed by atoms with Gasteiger partial charge >= 0.3 is 0 Å². The zero-order valence-corrected chi connectivity index (χ0v) is 10.0. The molecule has 0 N–H and O–H groups in total. The average molecular weight is 265 g/mol. The van der Waals surface area contributed by atoms with Gasteiger partial charge in [-0.1, -0.05) is 31.3 Å². The molecule has 0 aliphatic heterocycles. The quantitative estimate of drug-likeness (QED) is 0.740. The van der Waals surface area contributed by atoms with Crippen LogP contribution in [0, 0.1) is 0 Å². The molecule has 0 fully saturated rings. The predicted octanol–water partition coefficient (Wildman–Crippen LogP) is 3.26. The van der Waals surface area contributed by atoms with Gasteiger partial charge in [-0.2, -0.15) is 0 Å². The van der Waals surface area contributed by atoms with Crippen molar-refractivity contribution < 1.29 is 4.74 Å². The molecule has 0 saturated heterocycles. The molecule has 0 amide bonds. The molecule has 13 heavy (non-hydrogen) atoms. The van der Waals surface area contributed by atoms with Gasteiger partial charge in [0.2, 0.25) is 0 Å². The van der Waals surface area contributed by atoms with Crippen LogP contribution in [-0.2, 0) is 0 Å². The van der Waals surface area contributed by atoms with E-state index < -0.39 is 0 Å². The molecule has 1 aromatic heterocycles. The van der Waals surface area contributed by atoms with E-state index >= 15 is 0 Å². The van der Waals surface area contributed by atoms with Gasteiger partial charge in [0.05, 0.1) is 6.61 Å². The molecule has 0 atom stereocenters. The Hall–Kier alpha value is -0.160. The summed E-state index contributed by atoms with van der Waals surface area (Å²) in [6, 6.07) is 0. The Morgan fingerprint density at radius 3 is 2.77 bits per heavy atom. The molecule has 0 spiro atoms. The SMILES string of the molecule is CCCCCCOc1nnc(Br)s1. The van der Waals surface area contributed by atoms with Crippen molar-refractivity contribution in [3.63, 3.8) is 0 Å². The van der Waals surface area contributed by atoms with Gasteiger partial charge < -0.3 is 4.74 Å². The second-order valence-electron chi connectivity index (χ2n) is 2.73. The van der Waals surface area contributed by atoms with Gasteiger partial charge in [-0.3, -0.25) is 0 Å². The van der Waals surface area contributed by atoms with Crippen molar-refractivity contribution in [3.8, 4) is 5.19 Å². The summed E-state index contributed by atoms with van der Waals surface area (Å²) in [7, 11) is 0. The fourth-order valence-electron chi connectivity index (χ4n) is 0.940. The van der Waals surface area contributed by atoms with Crippen LogP contribution < -0.4 is 4.74 Å². The number of nitrogens with zero attached hydrogens (tertiary/aromatic N) is 2. The third-order valence-corrected chi connectivity index (χ3v) is 2.87. The van der Waals surface area contributed by atoms with Gasteiger partial charge in [-0.15, -0.1) is 5.10 Å². The molecule has 1 rings (SSSR count). The van der Waals surface area contributed by atoms with Crippen molar-refractivity contribution >= 4 is 27.3 Å². The van der Waals surface area contributed by atoms with E-state index in [2.05, 4.69) is 33.1 Å². The topological polar surface area (TPSA) is 35.0 Å². The molecule has 0 radical (unpaired) electrons. The number of hydrogen-bond donors (Lipinski definition) is 0. The van der Waals surface area contributed by atoms with E-state index in [1.165, 1.54) is 30.6 Å². The fraction of sp³-hybridized carbons (Fsp3) is 0.750. The van der Waals surface area contributed by atoms with E-state index in [-0.39, 0.29) is 0 Å². The third-order valence-electron chi connectivity index (χ3n) is 1.61. The molecule has 5 heteroatoms. The van der Waals surface area contributed by atoms with E-state index in [1.807, 2.05) is 0 Å². The van der Waals surface area contributed by atoms with Crippen LogP contribution in [0.25, 0.3) is 0 Å². The van der Waals surface area contributed by atoms with Crippen molar-refractivity contribution in [2.24, 2.45) is 0 Å². The van der Waals surface area contributed by atoms with Gasteiger partial charge in [0, 0.05) is 0 Å². The maximum Gasteiger partial charge on any atom is 0.294 e. The summed E-state index contributed by atoms with van der Waals surface area (Å²) in [5.41, 5.74) is 0. The smallest absolute Gasteiger partial charge is 0.294 e. The van der Waals surface area contributed by atoms with Crippen LogP contribution in [0.1, 0.15) is 32.6 Å². The summed E-state index contributed by atoms with van der Waals surface area (Å²) >= 11 is 4.65. The second-order valence-corrected chi connectivity index (χ2v) is 4.95. The zero-order valence-electron chi connectivity index (χ0n) is 7.62. The van der Waals surface area contributed by atoms with Crippen molar-refractivity contribution in [2.45, 2.75) is 32.6 Å². The van der Waals surface area contributed by atoms with Crippen molar-refractivity contribution in [1.82, 2.24) is 10.2 Å². The average Bonchev–Trinajstić information content (AvgIpc) is 2.51. The molecule has 1 aromatic rings. The normalized spacial score (nSPS) is 10.3. The van der Waals surface area contributed by atoms with E-state index in [1.54, 1.807) is 0 Å². The maximum absolute atomic E-state index is 5.39. The summed E-state index contributed by atoms with van der Waals surface area (Å²) in [6.45, 7) is 2.95. The highest BCUT2D eigenvalue weighted by Crippen LogP contribution is 2.22. The van der Waals surface area contributed by atoms with Crippen LogP contribution in [0.4, 0.5) is 0 Å². The van der Waals surface area contributed by atoms with Crippen LogP contribution in [0.5, 0.6) is 5.19 Å². The Kier molecular flexibility index (Phi) is 5.31. The number of hydrogen-bond acceptors (Lipinski definition) is 4. The van der Waals surface area contributed by atoms with Gasteiger partial charge in [0.15, 0.2) is 3.92 Å². The first kappa shape index (κ1) is 10.9. The molecule has 0 bridgehead atoms. The van der Waals surface area contributed by atoms with E-state index in [9.17, 15) is 0 Å². The van der Waals surface area contributed by atoms with Crippen molar-refractivity contribution in [1.29, 1.82) is 0 Å². The van der Waals surface area contributed by atoms with Crippen molar-refractivity contribution in [3.05, 3.63) is 3.92 Å². The molecule has 3 nitrogen and oxygen atoms in total. The molecule has 0 aliphatic rings. The summed E-state index contributed by atoms with van der Waals surface area (Å²) in [5.74, 6) is 0. The van der Waals surface area contributed by atoms with Gasteiger partial charge in [-0.05, 0) is 33.7 Å². The number of ether oxygens (including phenoxy) is 1. The van der Waals surface area contributed by atoms with Crippen molar-refractivity contribution in [2.75, 3.05) is 6.61 Å². The minimum Gasteiger partial charge on any atom is -0.469 e. The highest BCUT2D eigenvalue weighted by molar-refractivity contribution is 9.11. The van der Waals surface area contributed by atoms with Crippen LogP contribution in [0.15, 0.2) is 3.92 Å². The Bertz CT molecular complexity index is 242. The predicted molar refractivity (Wildman–Crippen MR) is 57.2 cm³/mol. The van der Waals surface area contributed by atoms with Gasteiger partial charge in [-0.25, -0.2) is 0 Å². The first-order chi connectivity index (χ1) is 6.33. The Morgan fingerprint density at radius 1 is 1.31 bits per heavy atom. The summed E-state index contributed by atoms with van der Waals surface area (Å²) in [5, 5.41) is 8.28. The molecule has 0 aliphatic carbocycles. The first-order valence-electron chi connectivity index (χ1n) is 4.44. The minimum absolute atomic E-state index is 0.656. The minimum atomic E-state index is 0.656. The van der Waals surface area contributed by atoms with E-state index in [0.717, 1.165) is 16.9 Å². The molecule has 0 saturated carbocycles. The van der Waals surface area contributed by atoms with E-state index in [0.29, 0.717) is 5.19 Å². The van der Waals surface area contributed by atoms with Gasteiger partial charge in [0.25, 0.3) is 5.19 Å². The summed E-state index contributed by atoms with van der Waals surface area (Å²) in [6.07, 6.45) is 4.87. The first-order valence-corrected chi connectivity index (χ1v) is 6.05. The zero-order chi connectivity index (χ0) is 9.52. The molecule has 1 heterocycles. The summed E-state index contributed by atoms with van der Waals surface area (Å²) in [4.78, 5) is 0. The van der Waals surface area contributed by atoms with Crippen LogP contribution in [0.2, 0.25) is 0 Å². The second kappa shape index (κ2) is 6.32. The maximum atomic E-state index is 5.39. The lowest BCUT2D eigenvalue weighted by Crippen LogP contribution is -1.96. The lowest BCUT2D eigenvalue weighted by Gasteiger charge is -1.99. The Balaban J connectivity index is 2.06. The summed E-state index contributed by atoms with van der Waals surface area (Å²) < 4.78 is 6.16. The monoisotopic (exact) mass is 264 g/mol. The molecular formula is C8H13BrN2OS. The lowest BCUT2D eigenvalue weighted by atomic mass is 10.2.